The molecule has 0 aliphatic rings. The number of hydrogen-bond donors (Lipinski definition) is 2. The van der Waals surface area contributed by atoms with E-state index < -0.39 is 45.3 Å². The number of carbonyl (C=O) groups is 2. The van der Waals surface area contributed by atoms with Crippen LogP contribution in [0.3, 0.4) is 0 Å². The highest BCUT2D eigenvalue weighted by Crippen LogP contribution is 2.38. The van der Waals surface area contributed by atoms with Crippen molar-refractivity contribution < 1.29 is 36.3 Å². The van der Waals surface area contributed by atoms with E-state index in [4.69, 9.17) is 21.1 Å². The Balaban J connectivity index is 1.73. The van der Waals surface area contributed by atoms with Crippen molar-refractivity contribution in [2.75, 3.05) is 23.0 Å². The zero-order valence-electron chi connectivity index (χ0n) is 26.0. The number of ether oxygens (including phenoxy) is 2. The summed E-state index contributed by atoms with van der Waals surface area (Å²) in [6.45, 7) is 4.85. The number of nitrogens with one attached hydrogen (secondary N) is 2. The first-order chi connectivity index (χ1) is 21.4. The standard InChI is InChI=1S/C31H34ClF2N5O6S/c1-31(2,3)45-30(41)36-25(15-19-13-20(33)16-21(34)14-19)29(40)35-24-12-11-23(32)26-27(24)38(4)37-28(26)39(46(6,42)43)17-18-7-9-22(44-5)10-8-18/h7-14,16,25H,15,17H2,1-6H3,(H,35,40)(H,36,41)/t25-/m0/s1. The number of hydrogen-bond acceptors (Lipinski definition) is 7. The lowest BCUT2D eigenvalue weighted by Crippen LogP contribution is -2.47. The van der Waals surface area contributed by atoms with Crippen LogP contribution in [-0.2, 0) is 39.6 Å². The average Bonchev–Trinajstić information content (AvgIpc) is 3.28. The molecule has 0 spiro atoms. The minimum absolute atomic E-state index is 0.0237. The van der Waals surface area contributed by atoms with Gasteiger partial charge < -0.3 is 20.1 Å². The van der Waals surface area contributed by atoms with Crippen LogP contribution in [0.5, 0.6) is 5.75 Å². The number of rotatable bonds is 10. The number of benzene rings is 3. The van der Waals surface area contributed by atoms with E-state index >= 15 is 0 Å². The van der Waals surface area contributed by atoms with E-state index in [-0.39, 0.29) is 46.0 Å². The van der Waals surface area contributed by atoms with Crippen LogP contribution in [0.2, 0.25) is 5.02 Å². The zero-order chi connectivity index (χ0) is 34.0. The first-order valence-corrected chi connectivity index (χ1v) is 16.2. The molecule has 46 heavy (non-hydrogen) atoms. The van der Waals surface area contributed by atoms with Gasteiger partial charge in [0.05, 0.1) is 41.5 Å². The topological polar surface area (TPSA) is 132 Å². The van der Waals surface area contributed by atoms with Crippen LogP contribution in [0, 0.1) is 11.6 Å². The second-order valence-electron chi connectivity index (χ2n) is 11.6. The summed E-state index contributed by atoms with van der Waals surface area (Å²) in [6.07, 6.45) is -0.161. The van der Waals surface area contributed by atoms with Gasteiger partial charge in [-0.2, -0.15) is 5.10 Å². The van der Waals surface area contributed by atoms with Crippen LogP contribution < -0.4 is 19.7 Å². The lowest BCUT2D eigenvalue weighted by molar-refractivity contribution is -0.118. The summed E-state index contributed by atoms with van der Waals surface area (Å²) >= 11 is 6.60. The first kappa shape index (κ1) is 34.4. The van der Waals surface area contributed by atoms with E-state index in [0.717, 1.165) is 22.7 Å². The number of carbonyl (C=O) groups excluding carboxylic acids is 2. The summed E-state index contributed by atoms with van der Waals surface area (Å²) in [5.74, 6) is -1.82. The third-order valence-corrected chi connectivity index (χ3v) is 8.09. The number of methoxy groups -OCH3 is 1. The largest absolute Gasteiger partial charge is 0.497 e. The van der Waals surface area contributed by atoms with E-state index in [1.54, 1.807) is 52.1 Å². The first-order valence-electron chi connectivity index (χ1n) is 14.0. The number of amides is 2. The maximum absolute atomic E-state index is 14.0. The summed E-state index contributed by atoms with van der Waals surface area (Å²) in [4.78, 5) is 26.3. The van der Waals surface area contributed by atoms with Crippen molar-refractivity contribution >= 4 is 56.0 Å². The summed E-state index contributed by atoms with van der Waals surface area (Å²) in [5, 5.41) is 10.1. The van der Waals surface area contributed by atoms with Crippen LogP contribution in [-0.4, -0.2) is 55.2 Å². The summed E-state index contributed by atoms with van der Waals surface area (Å²) in [6, 6.07) is 11.3. The Labute approximate surface area is 270 Å². The van der Waals surface area contributed by atoms with E-state index in [9.17, 15) is 26.8 Å². The molecular weight excluding hydrogens is 644 g/mol. The molecule has 1 aromatic heterocycles. The molecule has 2 N–H and O–H groups in total. The van der Waals surface area contributed by atoms with Gasteiger partial charge in [-0.15, -0.1) is 0 Å². The maximum Gasteiger partial charge on any atom is 0.408 e. The van der Waals surface area contributed by atoms with Gasteiger partial charge in [-0.05, 0) is 68.3 Å². The average molecular weight is 678 g/mol. The number of halogens is 3. The third-order valence-electron chi connectivity index (χ3n) is 6.67. The van der Waals surface area contributed by atoms with Crippen LogP contribution in [0.25, 0.3) is 10.9 Å². The number of anilines is 2. The van der Waals surface area contributed by atoms with Gasteiger partial charge in [-0.25, -0.2) is 26.3 Å². The van der Waals surface area contributed by atoms with E-state index in [1.165, 1.54) is 23.9 Å². The minimum Gasteiger partial charge on any atom is -0.497 e. The molecule has 3 aromatic carbocycles. The molecule has 2 amide bonds. The van der Waals surface area contributed by atoms with Crippen molar-refractivity contribution in [3.8, 4) is 5.75 Å². The van der Waals surface area contributed by atoms with Crippen molar-refractivity contribution in [3.05, 3.63) is 82.4 Å². The predicted molar refractivity (Wildman–Crippen MR) is 172 cm³/mol. The number of sulfonamides is 1. The van der Waals surface area contributed by atoms with E-state index in [1.807, 2.05) is 0 Å². The Morgan fingerprint density at radius 2 is 1.67 bits per heavy atom. The van der Waals surface area contributed by atoms with Crippen LogP contribution in [0.4, 0.5) is 25.1 Å². The van der Waals surface area contributed by atoms with Gasteiger partial charge in [0.1, 0.15) is 29.0 Å². The van der Waals surface area contributed by atoms with Gasteiger partial charge >= 0.3 is 6.09 Å². The van der Waals surface area contributed by atoms with Gasteiger partial charge in [0.25, 0.3) is 0 Å². The van der Waals surface area contributed by atoms with Crippen LogP contribution >= 0.6 is 11.6 Å². The Kier molecular flexibility index (Phi) is 10.1. The summed E-state index contributed by atoms with van der Waals surface area (Å²) < 4.78 is 67.0. The fourth-order valence-corrected chi connectivity index (χ4v) is 5.78. The van der Waals surface area contributed by atoms with Crippen molar-refractivity contribution in [1.29, 1.82) is 0 Å². The van der Waals surface area contributed by atoms with Crippen molar-refractivity contribution in [3.63, 3.8) is 0 Å². The highest BCUT2D eigenvalue weighted by molar-refractivity contribution is 7.92. The van der Waals surface area contributed by atoms with Gasteiger partial charge in [-0.3, -0.25) is 9.48 Å². The van der Waals surface area contributed by atoms with E-state index in [0.29, 0.717) is 17.4 Å². The molecule has 246 valence electrons. The lowest BCUT2D eigenvalue weighted by Gasteiger charge is -2.23. The number of nitrogens with zero attached hydrogens (tertiary/aromatic N) is 3. The molecule has 0 aliphatic heterocycles. The molecule has 0 radical (unpaired) electrons. The van der Waals surface area contributed by atoms with Crippen molar-refractivity contribution in [2.24, 2.45) is 7.05 Å². The van der Waals surface area contributed by atoms with Crippen LogP contribution in [0.15, 0.2) is 54.6 Å². The van der Waals surface area contributed by atoms with Gasteiger partial charge in [-0.1, -0.05) is 23.7 Å². The molecule has 1 heterocycles. The fraction of sp³-hybridized carbons (Fsp3) is 0.323. The normalized spacial score (nSPS) is 12.5. The Hall–Kier alpha value is -4.43. The highest BCUT2D eigenvalue weighted by Gasteiger charge is 2.29. The molecular formula is C31H34ClF2N5O6S. The second-order valence-corrected chi connectivity index (χ2v) is 13.9. The summed E-state index contributed by atoms with van der Waals surface area (Å²) in [5.41, 5.74) is 0.341. The molecule has 4 rings (SSSR count). The number of aromatic nitrogens is 2. The number of aryl methyl sites for hydroxylation is 1. The quantitative estimate of drug-likeness (QED) is 0.225. The minimum atomic E-state index is -3.89. The molecule has 11 nitrogen and oxygen atoms in total. The fourth-order valence-electron chi connectivity index (χ4n) is 4.72. The SMILES string of the molecule is COc1ccc(CN(c2nn(C)c3c(NC(=O)[C@H](Cc4cc(F)cc(F)c4)NC(=O)OC(C)(C)C)ccc(Cl)c23)S(C)(=O)=O)cc1. The van der Waals surface area contributed by atoms with Crippen molar-refractivity contribution in [2.45, 2.75) is 45.4 Å². The smallest absolute Gasteiger partial charge is 0.408 e. The molecule has 15 heteroatoms. The monoisotopic (exact) mass is 677 g/mol. The molecule has 0 aliphatic carbocycles. The predicted octanol–water partition coefficient (Wildman–Crippen LogP) is 5.55. The van der Waals surface area contributed by atoms with E-state index in [2.05, 4.69) is 15.7 Å². The Bertz CT molecular complexity index is 1860. The third kappa shape index (κ3) is 8.43. The molecule has 0 unspecified atom stereocenters. The molecule has 0 bridgehead atoms. The molecule has 4 aromatic rings. The molecule has 0 fully saturated rings. The number of fused-ring (bicyclic) bond motifs is 1. The van der Waals surface area contributed by atoms with Gasteiger partial charge in [0.15, 0.2) is 5.82 Å². The number of alkyl carbamates (subject to hydrolysis) is 1. The van der Waals surface area contributed by atoms with Gasteiger partial charge in [0.2, 0.25) is 15.9 Å². The molecule has 1 atom stereocenters. The van der Waals surface area contributed by atoms with Crippen molar-refractivity contribution in [1.82, 2.24) is 15.1 Å². The molecule has 0 saturated heterocycles. The van der Waals surface area contributed by atoms with Crippen LogP contribution in [0.1, 0.15) is 31.9 Å². The summed E-state index contributed by atoms with van der Waals surface area (Å²) in [7, 11) is -0.814. The Morgan fingerprint density at radius 3 is 2.24 bits per heavy atom. The Morgan fingerprint density at radius 1 is 1.04 bits per heavy atom. The second kappa shape index (κ2) is 13.5. The zero-order valence-corrected chi connectivity index (χ0v) is 27.6. The van der Waals surface area contributed by atoms with Gasteiger partial charge in [0, 0.05) is 19.5 Å². The maximum atomic E-state index is 14.0. The highest BCUT2D eigenvalue weighted by atomic mass is 35.5. The lowest BCUT2D eigenvalue weighted by atomic mass is 10.0. The molecule has 0 saturated carbocycles.